The number of nitrogens with two attached hydrogens (primary N) is 1. The Kier molecular flexibility index (Phi) is 22.2. The molecular weight excluding hydrogens is 945 g/mol. The molecule has 22 heteroatoms. The van der Waals surface area contributed by atoms with Crippen molar-refractivity contribution in [2.24, 2.45) is 29.4 Å². The Morgan fingerprint density at radius 2 is 1.15 bits per heavy atom. The number of carbonyl (C=O) groups excluding carboxylic acids is 8. The van der Waals surface area contributed by atoms with Gasteiger partial charge in [-0.15, -0.1) is 0 Å². The maximum Gasteiger partial charge on any atom is 0.326 e. The van der Waals surface area contributed by atoms with Crippen LogP contribution in [-0.2, 0) is 49.6 Å². The average Bonchev–Trinajstić information content (AvgIpc) is 4.11. The summed E-state index contributed by atoms with van der Waals surface area (Å²) in [5.74, 6) is -7.51. The molecule has 3 heterocycles. The van der Waals surface area contributed by atoms with Crippen molar-refractivity contribution in [2.45, 2.75) is 174 Å². The van der Waals surface area contributed by atoms with Crippen LogP contribution in [-0.4, -0.2) is 164 Å². The van der Waals surface area contributed by atoms with Crippen LogP contribution in [0.3, 0.4) is 0 Å². The van der Waals surface area contributed by atoms with Gasteiger partial charge in [0.25, 0.3) is 0 Å². The molecule has 2 saturated heterocycles. The second-order valence-corrected chi connectivity index (χ2v) is 21.2. The van der Waals surface area contributed by atoms with Crippen molar-refractivity contribution in [3.8, 4) is 0 Å². The Bertz CT molecular complexity index is 2270. The minimum atomic E-state index is -1.60. The summed E-state index contributed by atoms with van der Waals surface area (Å²) in [6, 6.07) is -3.55. The number of fused-ring (bicyclic) bond motifs is 1. The number of aliphatic hydroxyl groups is 2. The van der Waals surface area contributed by atoms with Gasteiger partial charge in [0.1, 0.15) is 54.4 Å². The summed E-state index contributed by atoms with van der Waals surface area (Å²) in [5.41, 5.74) is 7.11. The number of amides is 8. The van der Waals surface area contributed by atoms with Crippen LogP contribution in [0.2, 0.25) is 0 Å². The summed E-state index contributed by atoms with van der Waals surface area (Å²) in [5, 5.41) is 46.4. The summed E-state index contributed by atoms with van der Waals surface area (Å²) in [7, 11) is 0. The molecule has 4 rings (SSSR count). The standard InChI is InChI=1S/C51H80N10O12/c1-26(2)20-35(54-43(64)33(52)25-62)44(65)55-36(21-27(3)4)45(66)57-38(22-28(5)6)49(70)61-19-13-17-40(61)50(71)60-18-12-16-39(60)47(68)56-37(23-31-24-53-34-15-11-10-14-32(31)34)46(67)59-42(30(9)63)48(69)58-41(29(7)8)51(72)73/h10-11,14-15,24,26-30,33,35-42,53,62-63H,12-13,16-23,25,52H2,1-9H3,(H,54,64)(H,55,65)(H,56,68)(H,57,66)(H,58,69)(H,59,67)(H,72,73)/t30-,33+,35+,36+,37+,38+,39+,40+,41+,42+/m1/s1. The molecule has 8 amide bonds. The van der Waals surface area contributed by atoms with Crippen LogP contribution in [0.4, 0.5) is 0 Å². The molecule has 1 aromatic heterocycles. The molecule has 2 aliphatic heterocycles. The fourth-order valence-corrected chi connectivity index (χ4v) is 9.40. The van der Waals surface area contributed by atoms with E-state index < -0.39 is 126 Å². The molecule has 0 bridgehead atoms. The van der Waals surface area contributed by atoms with Crippen molar-refractivity contribution >= 4 is 64.1 Å². The Balaban J connectivity index is 1.56. The van der Waals surface area contributed by atoms with Gasteiger partial charge in [-0.25, -0.2) is 4.79 Å². The van der Waals surface area contributed by atoms with Gasteiger partial charge in [-0.05, 0) is 87.2 Å². The zero-order valence-electron chi connectivity index (χ0n) is 43.7. The molecule has 2 fully saturated rings. The summed E-state index contributed by atoms with van der Waals surface area (Å²) in [6.45, 7) is 15.4. The fraction of sp³-hybridized carbons (Fsp3) is 0.667. The fourth-order valence-electron chi connectivity index (χ4n) is 9.40. The van der Waals surface area contributed by atoms with Crippen LogP contribution < -0.4 is 37.6 Å². The van der Waals surface area contributed by atoms with E-state index >= 15 is 0 Å². The third-order valence-electron chi connectivity index (χ3n) is 13.2. The number of aromatic amines is 1. The van der Waals surface area contributed by atoms with Crippen LogP contribution in [0, 0.1) is 23.7 Å². The van der Waals surface area contributed by atoms with Crippen LogP contribution >= 0.6 is 0 Å². The largest absolute Gasteiger partial charge is 0.480 e. The highest BCUT2D eigenvalue weighted by Gasteiger charge is 2.45. The third kappa shape index (κ3) is 16.4. The van der Waals surface area contributed by atoms with Crippen molar-refractivity contribution in [1.29, 1.82) is 0 Å². The predicted molar refractivity (Wildman–Crippen MR) is 271 cm³/mol. The van der Waals surface area contributed by atoms with Gasteiger partial charge in [0.15, 0.2) is 0 Å². The SMILES string of the molecule is CC(C)C[C@H](NC(=O)[C@H](CC(C)C)NC(=O)[C@@H](N)CO)C(=O)N[C@@H](CC(C)C)C(=O)N1CCC[C@H]1C(=O)N1CCC[C@H]1C(=O)N[C@@H](Cc1c[nH]c2ccccc12)C(=O)N[C@H](C(=O)N[C@H](C(=O)O)C(C)C)[C@@H](C)O. The van der Waals surface area contributed by atoms with E-state index in [9.17, 15) is 58.5 Å². The third-order valence-corrected chi connectivity index (χ3v) is 13.2. The molecule has 10 atom stereocenters. The monoisotopic (exact) mass is 1020 g/mol. The summed E-state index contributed by atoms with van der Waals surface area (Å²) in [6.07, 6.45) is 2.13. The highest BCUT2D eigenvalue weighted by Crippen LogP contribution is 2.27. The number of hydrogen-bond acceptors (Lipinski definition) is 12. The predicted octanol–water partition coefficient (Wildman–Crippen LogP) is 0.181. The molecule has 406 valence electrons. The number of carbonyl (C=O) groups is 9. The molecule has 0 aliphatic carbocycles. The Morgan fingerprint density at radius 1 is 0.644 bits per heavy atom. The second-order valence-electron chi connectivity index (χ2n) is 21.2. The number of benzene rings is 1. The maximum atomic E-state index is 14.6. The van der Waals surface area contributed by atoms with E-state index in [-0.39, 0.29) is 69.4 Å². The number of para-hydroxylation sites is 1. The van der Waals surface area contributed by atoms with Crippen molar-refractivity contribution < 1.29 is 58.5 Å². The smallest absolute Gasteiger partial charge is 0.326 e. The van der Waals surface area contributed by atoms with Gasteiger partial charge in [0.05, 0.1) is 12.7 Å². The first-order chi connectivity index (χ1) is 34.3. The van der Waals surface area contributed by atoms with E-state index in [0.717, 1.165) is 10.9 Å². The lowest BCUT2D eigenvalue weighted by Gasteiger charge is -2.34. The number of aliphatic hydroxyl groups excluding tert-OH is 2. The van der Waals surface area contributed by atoms with E-state index in [1.54, 1.807) is 20.0 Å². The van der Waals surface area contributed by atoms with Crippen molar-refractivity contribution in [1.82, 2.24) is 46.7 Å². The molecular formula is C51H80N10O12. The molecule has 0 radical (unpaired) electrons. The van der Waals surface area contributed by atoms with Gasteiger partial charge in [-0.3, -0.25) is 38.4 Å². The minimum Gasteiger partial charge on any atom is -0.480 e. The number of hydrogen-bond donors (Lipinski definition) is 11. The molecule has 0 unspecified atom stereocenters. The summed E-state index contributed by atoms with van der Waals surface area (Å²) >= 11 is 0. The van der Waals surface area contributed by atoms with Crippen LogP contribution in [0.5, 0.6) is 0 Å². The van der Waals surface area contributed by atoms with E-state index in [4.69, 9.17) is 5.73 Å². The normalized spacial score (nSPS) is 19.2. The van der Waals surface area contributed by atoms with Crippen molar-refractivity contribution in [2.75, 3.05) is 19.7 Å². The highest BCUT2D eigenvalue weighted by molar-refractivity contribution is 5.99. The van der Waals surface area contributed by atoms with Crippen LogP contribution in [0.25, 0.3) is 10.9 Å². The quantitative estimate of drug-likeness (QED) is 0.0600. The lowest BCUT2D eigenvalue weighted by Crippen LogP contribution is -2.61. The Morgan fingerprint density at radius 3 is 1.70 bits per heavy atom. The van der Waals surface area contributed by atoms with Gasteiger partial charge < -0.3 is 67.7 Å². The molecule has 12 N–H and O–H groups in total. The van der Waals surface area contributed by atoms with Crippen molar-refractivity contribution in [3.05, 3.63) is 36.0 Å². The van der Waals surface area contributed by atoms with Crippen molar-refractivity contribution in [3.63, 3.8) is 0 Å². The topological polar surface area (TPSA) is 335 Å². The minimum absolute atomic E-state index is 0.0459. The average molecular weight is 1030 g/mol. The maximum absolute atomic E-state index is 14.6. The molecule has 22 nitrogen and oxygen atoms in total. The Hall–Kier alpha value is -6.13. The lowest BCUT2D eigenvalue weighted by atomic mass is 9.98. The highest BCUT2D eigenvalue weighted by atomic mass is 16.4. The first-order valence-corrected chi connectivity index (χ1v) is 25.6. The number of carboxylic acids is 1. The number of nitrogens with zero attached hydrogens (tertiary/aromatic N) is 2. The van der Waals surface area contributed by atoms with Crippen LogP contribution in [0.15, 0.2) is 30.5 Å². The second kappa shape index (κ2) is 27.2. The van der Waals surface area contributed by atoms with Gasteiger partial charge in [-0.1, -0.05) is 73.6 Å². The summed E-state index contributed by atoms with van der Waals surface area (Å²) < 4.78 is 0. The molecule has 0 saturated carbocycles. The van der Waals surface area contributed by atoms with E-state index in [2.05, 4.69) is 36.9 Å². The number of aliphatic carboxylic acids is 1. The number of rotatable bonds is 26. The lowest BCUT2D eigenvalue weighted by molar-refractivity contribution is -0.148. The first kappa shape index (κ1) is 59.4. The number of likely N-dealkylation sites (tertiary alicyclic amines) is 2. The molecule has 2 aromatic rings. The van der Waals surface area contributed by atoms with E-state index in [1.807, 2.05) is 65.8 Å². The zero-order chi connectivity index (χ0) is 54.4. The van der Waals surface area contributed by atoms with Gasteiger partial charge in [-0.2, -0.15) is 0 Å². The molecule has 0 spiro atoms. The first-order valence-electron chi connectivity index (χ1n) is 25.6. The molecule has 1 aromatic carbocycles. The number of nitrogens with one attached hydrogen (secondary N) is 7. The van der Waals surface area contributed by atoms with Crippen LogP contribution in [0.1, 0.15) is 113 Å². The van der Waals surface area contributed by atoms with Gasteiger partial charge in [0.2, 0.25) is 47.3 Å². The molecule has 73 heavy (non-hydrogen) atoms. The summed E-state index contributed by atoms with van der Waals surface area (Å²) in [4.78, 5) is 130. The van der Waals surface area contributed by atoms with E-state index in [1.165, 1.54) is 16.7 Å². The number of H-pyrrole nitrogens is 1. The molecule has 2 aliphatic rings. The van der Waals surface area contributed by atoms with Gasteiger partial charge >= 0.3 is 5.97 Å². The Labute approximate surface area is 427 Å². The number of carboxylic acid groups (broad SMARTS) is 1. The van der Waals surface area contributed by atoms with E-state index in [0.29, 0.717) is 18.4 Å². The number of aromatic nitrogens is 1. The van der Waals surface area contributed by atoms with Gasteiger partial charge in [0, 0.05) is 36.6 Å². The zero-order valence-corrected chi connectivity index (χ0v) is 43.7.